The largest absolute Gasteiger partial charge is 0.476 e. The van der Waals surface area contributed by atoms with E-state index < -0.39 is 29.6 Å². The van der Waals surface area contributed by atoms with Crippen molar-refractivity contribution in [3.05, 3.63) is 168 Å². The first kappa shape index (κ1) is 32.5. The van der Waals surface area contributed by atoms with Crippen LogP contribution in [-0.4, -0.2) is 46.2 Å². The molecular weight excluding hydrogens is 618 g/mol. The maximum absolute atomic E-state index is 13.7. The van der Waals surface area contributed by atoms with E-state index in [2.05, 4.69) is 25.9 Å². The van der Waals surface area contributed by atoms with Gasteiger partial charge in [0.05, 0.1) is 29.5 Å². The van der Waals surface area contributed by atoms with Crippen LogP contribution in [-0.2, 0) is 21.5 Å². The number of pyridine rings is 2. The topological polar surface area (TPSA) is 143 Å². The third-order valence-corrected chi connectivity index (χ3v) is 8.29. The van der Waals surface area contributed by atoms with Crippen LogP contribution < -0.4 is 16.0 Å². The highest BCUT2D eigenvalue weighted by Gasteiger charge is 2.40. The second-order valence-electron chi connectivity index (χ2n) is 11.2. The van der Waals surface area contributed by atoms with Gasteiger partial charge in [0.25, 0.3) is 0 Å². The second kappa shape index (κ2) is 14.6. The predicted octanol–water partition coefficient (Wildman–Crippen LogP) is 6.64. The van der Waals surface area contributed by atoms with Crippen molar-refractivity contribution in [2.75, 3.05) is 17.7 Å². The van der Waals surface area contributed by atoms with Gasteiger partial charge in [-0.3, -0.25) is 15.1 Å². The lowest BCUT2D eigenvalue weighted by molar-refractivity contribution is -0.143. The smallest absolute Gasteiger partial charge is 0.356 e. The maximum atomic E-state index is 13.7. The summed E-state index contributed by atoms with van der Waals surface area (Å²) in [5.74, 6) is -1.71. The Hall–Kier alpha value is -6.39. The number of rotatable bonds is 11. The van der Waals surface area contributed by atoms with Gasteiger partial charge in [0.2, 0.25) is 0 Å². The summed E-state index contributed by atoms with van der Waals surface area (Å²) in [7, 11) is 1.37. The molecule has 0 unspecified atom stereocenters. The average molecular weight is 652 g/mol. The zero-order valence-electron chi connectivity index (χ0n) is 26.5. The number of nitrogens with zero attached hydrogens (tertiary/aromatic N) is 2. The zero-order valence-corrected chi connectivity index (χ0v) is 26.5. The van der Waals surface area contributed by atoms with E-state index in [1.54, 1.807) is 18.3 Å². The van der Waals surface area contributed by atoms with Crippen LogP contribution in [0.2, 0.25) is 0 Å². The number of anilines is 2. The lowest BCUT2D eigenvalue weighted by atomic mass is 9.76. The number of carbonyl (C=O) groups excluding carboxylic acids is 2. The molecule has 49 heavy (non-hydrogen) atoms. The van der Waals surface area contributed by atoms with Crippen LogP contribution in [0.5, 0.6) is 0 Å². The number of esters is 1. The summed E-state index contributed by atoms with van der Waals surface area (Å²) in [5.41, 5.74) is 3.34. The quantitative estimate of drug-likeness (QED) is 0.0903. The number of aromatic carboxylic acids is 1. The fourth-order valence-electron chi connectivity index (χ4n) is 6.09. The van der Waals surface area contributed by atoms with E-state index in [-0.39, 0.29) is 17.8 Å². The van der Waals surface area contributed by atoms with Gasteiger partial charge in [0.15, 0.2) is 5.69 Å². The second-order valence-corrected chi connectivity index (χ2v) is 11.2. The van der Waals surface area contributed by atoms with Gasteiger partial charge < -0.3 is 20.5 Å². The molecule has 4 N–H and O–H groups in total. The number of fused-ring (bicyclic) bond motifs is 1. The van der Waals surface area contributed by atoms with Crippen molar-refractivity contribution in [1.82, 2.24) is 15.3 Å². The molecule has 0 aliphatic heterocycles. The van der Waals surface area contributed by atoms with E-state index in [1.165, 1.54) is 25.4 Å². The van der Waals surface area contributed by atoms with Crippen LogP contribution in [0.1, 0.15) is 32.7 Å². The van der Waals surface area contributed by atoms with Crippen LogP contribution in [0.3, 0.4) is 0 Å². The van der Waals surface area contributed by atoms with Crippen LogP contribution in [0, 0.1) is 0 Å². The molecule has 244 valence electrons. The predicted molar refractivity (Wildman–Crippen MR) is 187 cm³/mol. The monoisotopic (exact) mass is 651 g/mol. The van der Waals surface area contributed by atoms with Gasteiger partial charge in [0.1, 0.15) is 6.04 Å². The normalized spacial score (nSPS) is 11.8. The van der Waals surface area contributed by atoms with Crippen molar-refractivity contribution in [3.63, 3.8) is 0 Å². The molecule has 4 aromatic carbocycles. The van der Waals surface area contributed by atoms with Crippen molar-refractivity contribution in [3.8, 4) is 0 Å². The first-order valence-electron chi connectivity index (χ1n) is 15.6. The van der Waals surface area contributed by atoms with E-state index in [1.807, 2.05) is 103 Å². The van der Waals surface area contributed by atoms with Gasteiger partial charge >= 0.3 is 18.0 Å². The Balaban J connectivity index is 1.38. The molecule has 0 saturated carbocycles. The van der Waals surface area contributed by atoms with Gasteiger partial charge in [-0.15, -0.1) is 0 Å². The van der Waals surface area contributed by atoms with Crippen molar-refractivity contribution in [2.45, 2.75) is 18.0 Å². The molecule has 0 fully saturated rings. The summed E-state index contributed by atoms with van der Waals surface area (Å²) in [4.78, 5) is 46.6. The number of urea groups is 1. The summed E-state index contributed by atoms with van der Waals surface area (Å²) in [6, 6.07) is 38.6. The summed E-state index contributed by atoms with van der Waals surface area (Å²) in [5, 5.41) is 19.2. The van der Waals surface area contributed by atoms with Crippen LogP contribution >= 0.6 is 0 Å². The molecule has 1 atom stereocenters. The molecule has 6 aromatic rings. The number of benzene rings is 4. The number of hydrogen-bond acceptors (Lipinski definition) is 7. The molecule has 0 saturated heterocycles. The molecule has 0 aliphatic rings. The Morgan fingerprint density at radius 3 is 1.82 bits per heavy atom. The third-order valence-electron chi connectivity index (χ3n) is 8.29. The molecule has 2 aromatic heterocycles. The number of hydrogen-bond donors (Lipinski definition) is 4. The number of ether oxygens (including phenoxy) is 1. The van der Waals surface area contributed by atoms with Gasteiger partial charge in [0, 0.05) is 17.8 Å². The Bertz CT molecular complexity index is 2000. The first-order valence-corrected chi connectivity index (χ1v) is 15.6. The van der Waals surface area contributed by atoms with Crippen LogP contribution in [0.15, 0.2) is 140 Å². The van der Waals surface area contributed by atoms with E-state index in [0.717, 1.165) is 22.3 Å². The summed E-state index contributed by atoms with van der Waals surface area (Å²) in [6.45, 7) is 0. The molecule has 0 spiro atoms. The number of carboxylic acid groups (broad SMARTS) is 1. The summed E-state index contributed by atoms with van der Waals surface area (Å²) in [6.07, 6.45) is 3.18. The number of aromatic nitrogens is 2. The highest BCUT2D eigenvalue weighted by atomic mass is 16.5. The number of carbonyl (C=O) groups is 3. The van der Waals surface area contributed by atoms with Gasteiger partial charge in [-0.2, -0.15) is 0 Å². The standard InChI is InChI=1S/C39H33N5O5/c1-49-37(47)33(44-39(27-13-5-2-6-14-27,28-15-7-3-8-16-28)29-17-9-4-10-18-29)25-26-21-22-32(34-30(26)19-11-23-40-34)43-38(48)42-31-20-12-24-41-35(31)36(45)46/h2-24,33,44H,25H2,1H3,(H,45,46)(H2,42,43,48)/t33-/m0/s1. The maximum Gasteiger partial charge on any atom is 0.356 e. The molecule has 0 aliphatic carbocycles. The number of amides is 2. The SMILES string of the molecule is COC(=O)[C@H](Cc1ccc(NC(=O)Nc2cccnc2C(=O)O)c2ncccc12)NC(c1ccccc1)(c1ccccc1)c1ccccc1. The fourth-order valence-corrected chi connectivity index (χ4v) is 6.09. The molecule has 6 rings (SSSR count). The minimum atomic E-state index is -1.27. The van der Waals surface area contributed by atoms with Crippen molar-refractivity contribution in [1.29, 1.82) is 0 Å². The van der Waals surface area contributed by atoms with E-state index in [9.17, 15) is 19.5 Å². The summed E-state index contributed by atoms with van der Waals surface area (Å²) < 4.78 is 5.38. The highest BCUT2D eigenvalue weighted by molar-refractivity contribution is 6.07. The Morgan fingerprint density at radius 2 is 1.24 bits per heavy atom. The Labute approximate surface area is 282 Å². The third kappa shape index (κ3) is 6.85. The van der Waals surface area contributed by atoms with E-state index in [0.29, 0.717) is 16.6 Å². The minimum absolute atomic E-state index is 0.0483. The van der Waals surface area contributed by atoms with Gasteiger partial charge in [-0.1, -0.05) is 103 Å². The molecule has 10 nitrogen and oxygen atoms in total. The van der Waals surface area contributed by atoms with E-state index in [4.69, 9.17) is 4.74 Å². The number of methoxy groups -OCH3 is 1. The molecule has 10 heteroatoms. The summed E-state index contributed by atoms with van der Waals surface area (Å²) >= 11 is 0. The first-order chi connectivity index (χ1) is 23.9. The van der Waals surface area contributed by atoms with E-state index >= 15 is 0 Å². The molecule has 0 bridgehead atoms. The van der Waals surface area contributed by atoms with Crippen molar-refractivity contribution < 1.29 is 24.2 Å². The highest BCUT2D eigenvalue weighted by Crippen LogP contribution is 2.38. The Morgan fingerprint density at radius 1 is 0.694 bits per heavy atom. The Kier molecular flexibility index (Phi) is 9.68. The molecule has 2 heterocycles. The fraction of sp³-hybridized carbons (Fsp3) is 0.103. The van der Waals surface area contributed by atoms with Crippen LogP contribution in [0.4, 0.5) is 16.2 Å². The molecular formula is C39H33N5O5. The van der Waals surface area contributed by atoms with Gasteiger partial charge in [-0.05, 0) is 52.9 Å². The van der Waals surface area contributed by atoms with Crippen LogP contribution in [0.25, 0.3) is 10.9 Å². The average Bonchev–Trinajstić information content (AvgIpc) is 3.15. The lowest BCUT2D eigenvalue weighted by Gasteiger charge is -2.39. The minimum Gasteiger partial charge on any atom is -0.476 e. The number of nitrogens with one attached hydrogen (secondary N) is 3. The van der Waals surface area contributed by atoms with Crippen molar-refractivity contribution in [2.24, 2.45) is 0 Å². The lowest BCUT2D eigenvalue weighted by Crippen LogP contribution is -2.53. The molecule has 2 amide bonds. The zero-order chi connectivity index (χ0) is 34.2. The van der Waals surface area contributed by atoms with Crippen molar-refractivity contribution >= 4 is 40.2 Å². The number of carboxylic acids is 1. The van der Waals surface area contributed by atoms with Gasteiger partial charge in [-0.25, -0.2) is 14.6 Å². The molecule has 0 radical (unpaired) electrons.